The van der Waals surface area contributed by atoms with E-state index >= 15 is 0 Å². The fraction of sp³-hybridized carbons (Fsp3) is 0.471. The Balaban J connectivity index is 2.23. The summed E-state index contributed by atoms with van der Waals surface area (Å²) in [6, 6.07) is 0. The number of hydrogen-bond donors (Lipinski definition) is 1. The van der Waals surface area contributed by atoms with Gasteiger partial charge in [0.15, 0.2) is 9.84 Å². The molecule has 1 rings (SSSR count). The normalized spacial score (nSPS) is 21.3. The maximum atomic E-state index is 12.0. The van der Waals surface area contributed by atoms with Gasteiger partial charge in [0.25, 0.3) is 5.91 Å². The Kier molecular flexibility index (Phi) is 7.88. The van der Waals surface area contributed by atoms with Crippen LogP contribution >= 0.6 is 0 Å². The van der Waals surface area contributed by atoms with Crippen molar-refractivity contribution >= 4 is 15.7 Å². The zero-order valence-electron chi connectivity index (χ0n) is 13.3. The third-order valence-corrected chi connectivity index (χ3v) is 5.66. The van der Waals surface area contributed by atoms with Gasteiger partial charge in [-0.05, 0) is 38.8 Å². The Morgan fingerprint density at radius 2 is 1.73 bits per heavy atom. The van der Waals surface area contributed by atoms with Gasteiger partial charge in [-0.1, -0.05) is 36.8 Å². The molecule has 5 heteroatoms. The third-order valence-electron chi connectivity index (χ3n) is 3.37. The van der Waals surface area contributed by atoms with Crippen LogP contribution in [0.15, 0.2) is 48.1 Å². The van der Waals surface area contributed by atoms with Crippen molar-refractivity contribution in [2.75, 3.05) is 12.3 Å². The predicted molar refractivity (Wildman–Crippen MR) is 91.3 cm³/mol. The van der Waals surface area contributed by atoms with E-state index in [-0.39, 0.29) is 16.9 Å². The van der Waals surface area contributed by atoms with Gasteiger partial charge in [0.1, 0.15) is 0 Å². The average molecular weight is 323 g/mol. The lowest BCUT2D eigenvalue weighted by Gasteiger charge is -2.08. The van der Waals surface area contributed by atoms with Crippen LogP contribution < -0.4 is 5.32 Å². The summed E-state index contributed by atoms with van der Waals surface area (Å²) in [7, 11) is -2.95. The third kappa shape index (κ3) is 6.89. The van der Waals surface area contributed by atoms with E-state index in [9.17, 15) is 13.2 Å². The van der Waals surface area contributed by atoms with E-state index in [4.69, 9.17) is 0 Å². The van der Waals surface area contributed by atoms with Crippen LogP contribution in [-0.2, 0) is 14.6 Å². The summed E-state index contributed by atoms with van der Waals surface area (Å²) < 4.78 is 23.3. The van der Waals surface area contributed by atoms with Crippen LogP contribution in [0.25, 0.3) is 0 Å². The van der Waals surface area contributed by atoms with E-state index in [0.717, 1.165) is 12.8 Å². The van der Waals surface area contributed by atoms with Gasteiger partial charge in [0, 0.05) is 12.1 Å². The standard InChI is InChI=1S/C17H25NO3S/c1-15(2)22(20,21)14-10-6-9-13-18-17(19)16-11-7-4-3-5-8-12-16/h3-5,7-8,11-12,15H,6,9-10,13-14H2,1-2H3,(H,18,19)/b4-3-,5-3?,7-4?,8-5-,11-7-,12-8?,16-11?,16-12+. The van der Waals surface area contributed by atoms with Crippen LogP contribution in [0.3, 0.4) is 0 Å². The number of rotatable bonds is 8. The smallest absolute Gasteiger partial charge is 0.251 e. The molecule has 0 aromatic heterocycles. The topological polar surface area (TPSA) is 63.2 Å². The molecule has 1 aliphatic rings. The molecule has 1 N–H and O–H groups in total. The molecule has 4 nitrogen and oxygen atoms in total. The highest BCUT2D eigenvalue weighted by Gasteiger charge is 2.14. The van der Waals surface area contributed by atoms with Crippen LogP contribution in [0.2, 0.25) is 0 Å². The van der Waals surface area contributed by atoms with E-state index in [1.165, 1.54) is 0 Å². The highest BCUT2D eigenvalue weighted by Crippen LogP contribution is 2.06. The zero-order chi connectivity index (χ0) is 16.4. The van der Waals surface area contributed by atoms with Gasteiger partial charge in [-0.25, -0.2) is 8.42 Å². The SMILES string of the molecule is CC(C)S(=O)(=O)CCCCCNC(=O)C1=C/C=C\C=C/C=C\1. The summed E-state index contributed by atoms with van der Waals surface area (Å²) in [4.78, 5) is 12.0. The molecule has 0 heterocycles. The second-order valence-electron chi connectivity index (χ2n) is 5.48. The van der Waals surface area contributed by atoms with E-state index in [2.05, 4.69) is 5.32 Å². The molecular formula is C17H25NO3S. The van der Waals surface area contributed by atoms with Gasteiger partial charge in [0.05, 0.1) is 11.0 Å². The predicted octanol–water partition coefficient (Wildman–Crippen LogP) is 2.70. The number of sulfone groups is 1. The second-order valence-corrected chi connectivity index (χ2v) is 8.16. The molecule has 122 valence electrons. The fourth-order valence-corrected chi connectivity index (χ4v) is 2.94. The number of nitrogens with one attached hydrogen (secondary N) is 1. The lowest BCUT2D eigenvalue weighted by molar-refractivity contribution is -0.117. The summed E-state index contributed by atoms with van der Waals surface area (Å²) in [5.74, 6) is 0.120. The van der Waals surface area contributed by atoms with Crippen LogP contribution in [0.1, 0.15) is 33.1 Å². The van der Waals surface area contributed by atoms with Crippen molar-refractivity contribution in [3.05, 3.63) is 48.1 Å². The quantitative estimate of drug-likeness (QED) is 0.699. The molecule has 1 amide bonds. The first-order chi connectivity index (χ1) is 10.4. The van der Waals surface area contributed by atoms with Crippen molar-refractivity contribution in [1.82, 2.24) is 5.32 Å². The van der Waals surface area contributed by atoms with Gasteiger partial charge < -0.3 is 5.32 Å². The number of hydrogen-bond acceptors (Lipinski definition) is 3. The van der Waals surface area contributed by atoms with Crippen molar-refractivity contribution in [2.24, 2.45) is 0 Å². The largest absolute Gasteiger partial charge is 0.352 e. The molecule has 0 atom stereocenters. The van der Waals surface area contributed by atoms with Crippen LogP contribution in [0, 0.1) is 0 Å². The molecule has 0 aliphatic heterocycles. The van der Waals surface area contributed by atoms with Gasteiger partial charge in [-0.15, -0.1) is 0 Å². The van der Waals surface area contributed by atoms with E-state index in [0.29, 0.717) is 18.5 Å². The lowest BCUT2D eigenvalue weighted by Crippen LogP contribution is -2.25. The summed E-state index contributed by atoms with van der Waals surface area (Å²) >= 11 is 0. The monoisotopic (exact) mass is 323 g/mol. The van der Waals surface area contributed by atoms with Crippen molar-refractivity contribution in [3.8, 4) is 0 Å². The van der Waals surface area contributed by atoms with Crippen molar-refractivity contribution in [1.29, 1.82) is 0 Å². The molecule has 0 fully saturated rings. The summed E-state index contributed by atoms with van der Waals surface area (Å²) in [5, 5.41) is 2.54. The molecule has 0 aromatic carbocycles. The van der Waals surface area contributed by atoms with Crippen molar-refractivity contribution in [2.45, 2.75) is 38.4 Å². The number of allylic oxidation sites excluding steroid dienone is 6. The minimum absolute atomic E-state index is 0.106. The minimum atomic E-state index is -2.95. The summed E-state index contributed by atoms with van der Waals surface area (Å²) in [6.07, 6.45) is 15.0. The molecule has 0 unspecified atom stereocenters. The maximum Gasteiger partial charge on any atom is 0.251 e. The van der Waals surface area contributed by atoms with E-state index < -0.39 is 9.84 Å². The number of amides is 1. The lowest BCUT2D eigenvalue weighted by atomic mass is 10.1. The number of unbranched alkanes of at least 4 members (excludes halogenated alkanes) is 2. The number of carbonyl (C=O) groups excluding carboxylic acids is 1. The summed E-state index contributed by atoms with van der Waals surface area (Å²) in [5.41, 5.74) is 0.614. The molecule has 0 saturated heterocycles. The van der Waals surface area contributed by atoms with Gasteiger partial charge in [0.2, 0.25) is 0 Å². The molecule has 0 spiro atoms. The number of carbonyl (C=O) groups is 1. The maximum absolute atomic E-state index is 12.0. The molecular weight excluding hydrogens is 298 g/mol. The Morgan fingerprint density at radius 3 is 2.45 bits per heavy atom. The van der Waals surface area contributed by atoms with Crippen molar-refractivity contribution in [3.63, 3.8) is 0 Å². The molecule has 0 saturated carbocycles. The van der Waals surface area contributed by atoms with Crippen LogP contribution in [0.4, 0.5) is 0 Å². The van der Waals surface area contributed by atoms with Gasteiger partial charge in [-0.2, -0.15) is 0 Å². The molecule has 1 aliphatic carbocycles. The first-order valence-corrected chi connectivity index (χ1v) is 9.36. The van der Waals surface area contributed by atoms with Crippen LogP contribution in [0.5, 0.6) is 0 Å². The Labute approximate surface area is 133 Å². The fourth-order valence-electron chi connectivity index (χ4n) is 1.86. The summed E-state index contributed by atoms with van der Waals surface area (Å²) in [6.45, 7) is 3.97. The Morgan fingerprint density at radius 1 is 1.05 bits per heavy atom. The molecule has 0 bridgehead atoms. The van der Waals surface area contributed by atoms with Gasteiger partial charge >= 0.3 is 0 Å². The Bertz CT molecular complexity index is 581. The highest BCUT2D eigenvalue weighted by molar-refractivity contribution is 7.91. The first-order valence-electron chi connectivity index (χ1n) is 7.65. The minimum Gasteiger partial charge on any atom is -0.352 e. The van der Waals surface area contributed by atoms with Gasteiger partial charge in [-0.3, -0.25) is 4.79 Å². The highest BCUT2D eigenvalue weighted by atomic mass is 32.2. The molecule has 22 heavy (non-hydrogen) atoms. The second kappa shape index (κ2) is 9.41. The van der Waals surface area contributed by atoms with E-state index in [1.54, 1.807) is 26.0 Å². The molecule has 0 aromatic rings. The average Bonchev–Trinajstić information content (AvgIpc) is 2.41. The van der Waals surface area contributed by atoms with Crippen molar-refractivity contribution < 1.29 is 13.2 Å². The molecule has 0 radical (unpaired) electrons. The first kappa shape index (κ1) is 18.4. The van der Waals surface area contributed by atoms with Crippen LogP contribution in [-0.4, -0.2) is 31.9 Å². The van der Waals surface area contributed by atoms with E-state index in [1.807, 2.05) is 30.4 Å². The Hall–Kier alpha value is -1.62. The zero-order valence-corrected chi connectivity index (χ0v) is 14.1.